The molecule has 0 saturated carbocycles. The van der Waals surface area contributed by atoms with Crippen molar-refractivity contribution in [2.24, 2.45) is 5.92 Å². The molecule has 112 valence electrons. The summed E-state index contributed by atoms with van der Waals surface area (Å²) < 4.78 is 1.80. The highest BCUT2D eigenvalue weighted by atomic mass is 16.6. The molecule has 0 bridgehead atoms. The van der Waals surface area contributed by atoms with Crippen LogP contribution in [0.3, 0.4) is 0 Å². The number of aryl methyl sites for hydroxylation is 2. The van der Waals surface area contributed by atoms with Crippen LogP contribution < -0.4 is 10.2 Å². The molecular weight excluding hydrogens is 258 g/mol. The summed E-state index contributed by atoms with van der Waals surface area (Å²) in [6, 6.07) is 0. The van der Waals surface area contributed by atoms with Crippen LogP contribution in [-0.2, 0) is 6.54 Å². The molecule has 1 atom stereocenters. The first-order chi connectivity index (χ1) is 9.58. The Morgan fingerprint density at radius 1 is 1.55 bits per heavy atom. The van der Waals surface area contributed by atoms with Crippen molar-refractivity contribution < 1.29 is 4.92 Å². The Labute approximate surface area is 119 Å². The van der Waals surface area contributed by atoms with Crippen molar-refractivity contribution in [1.29, 1.82) is 0 Å². The van der Waals surface area contributed by atoms with Crippen molar-refractivity contribution in [2.45, 2.75) is 33.2 Å². The molecule has 2 heterocycles. The summed E-state index contributed by atoms with van der Waals surface area (Å²) in [6.07, 6.45) is 1.98. The minimum absolute atomic E-state index is 0.170. The maximum Gasteiger partial charge on any atom is 0.333 e. The number of anilines is 1. The Balaban J connectivity index is 2.31. The first-order valence-electron chi connectivity index (χ1n) is 7.19. The minimum Gasteiger partial charge on any atom is -0.351 e. The molecule has 7 nitrogen and oxygen atoms in total. The zero-order chi connectivity index (χ0) is 14.7. The molecule has 1 aromatic heterocycles. The van der Waals surface area contributed by atoms with Crippen molar-refractivity contribution in [3.05, 3.63) is 15.8 Å². The van der Waals surface area contributed by atoms with E-state index in [0.717, 1.165) is 39.0 Å². The third kappa shape index (κ3) is 2.77. The molecule has 1 saturated heterocycles. The van der Waals surface area contributed by atoms with Gasteiger partial charge < -0.3 is 10.2 Å². The topological polar surface area (TPSA) is 76.2 Å². The number of rotatable bonds is 6. The summed E-state index contributed by atoms with van der Waals surface area (Å²) in [4.78, 5) is 13.2. The summed E-state index contributed by atoms with van der Waals surface area (Å²) >= 11 is 0. The molecule has 20 heavy (non-hydrogen) atoms. The van der Waals surface area contributed by atoms with Crippen LogP contribution in [0.1, 0.15) is 25.5 Å². The van der Waals surface area contributed by atoms with Gasteiger partial charge >= 0.3 is 5.69 Å². The van der Waals surface area contributed by atoms with Crippen LogP contribution >= 0.6 is 0 Å². The van der Waals surface area contributed by atoms with Crippen LogP contribution in [0, 0.1) is 23.0 Å². The van der Waals surface area contributed by atoms with Gasteiger partial charge in [0, 0.05) is 19.6 Å². The third-order valence-corrected chi connectivity index (χ3v) is 3.77. The van der Waals surface area contributed by atoms with Crippen molar-refractivity contribution >= 4 is 11.5 Å². The van der Waals surface area contributed by atoms with E-state index in [1.165, 1.54) is 0 Å². The van der Waals surface area contributed by atoms with Gasteiger partial charge in [-0.2, -0.15) is 5.10 Å². The van der Waals surface area contributed by atoms with E-state index in [2.05, 4.69) is 22.2 Å². The fourth-order valence-electron chi connectivity index (χ4n) is 2.93. The zero-order valence-electron chi connectivity index (χ0n) is 12.4. The Morgan fingerprint density at radius 3 is 2.90 bits per heavy atom. The average molecular weight is 281 g/mol. The maximum atomic E-state index is 11.3. The van der Waals surface area contributed by atoms with Gasteiger partial charge in [-0.25, -0.2) is 4.68 Å². The number of nitro groups is 1. The van der Waals surface area contributed by atoms with E-state index in [9.17, 15) is 10.1 Å². The lowest BCUT2D eigenvalue weighted by molar-refractivity contribution is -0.384. The second kappa shape index (κ2) is 6.21. The van der Waals surface area contributed by atoms with E-state index in [1.54, 1.807) is 11.6 Å². The second-order valence-corrected chi connectivity index (χ2v) is 5.40. The smallest absolute Gasteiger partial charge is 0.333 e. The number of nitrogens with zero attached hydrogens (tertiary/aromatic N) is 4. The van der Waals surface area contributed by atoms with E-state index in [4.69, 9.17) is 0 Å². The Kier molecular flexibility index (Phi) is 4.59. The molecule has 0 aliphatic carbocycles. The largest absolute Gasteiger partial charge is 0.351 e. The first kappa shape index (κ1) is 14.8. The van der Waals surface area contributed by atoms with Gasteiger partial charge in [-0.3, -0.25) is 10.1 Å². The lowest BCUT2D eigenvalue weighted by atomic mass is 10.1. The SMILES string of the molecule is CCCn1nc(C)c([N+](=O)[O-])c1N1CCC(CNC)C1. The van der Waals surface area contributed by atoms with Gasteiger partial charge in [0.1, 0.15) is 5.69 Å². The number of hydrogen-bond donors (Lipinski definition) is 1. The van der Waals surface area contributed by atoms with Crippen molar-refractivity contribution in [1.82, 2.24) is 15.1 Å². The van der Waals surface area contributed by atoms with Gasteiger partial charge in [0.2, 0.25) is 5.82 Å². The molecule has 0 radical (unpaired) electrons. The summed E-state index contributed by atoms with van der Waals surface area (Å²) in [7, 11) is 1.94. The molecule has 0 amide bonds. The van der Waals surface area contributed by atoms with Crippen molar-refractivity contribution in [3.63, 3.8) is 0 Å². The zero-order valence-corrected chi connectivity index (χ0v) is 12.4. The highest BCUT2D eigenvalue weighted by molar-refractivity contribution is 5.62. The predicted molar refractivity (Wildman–Crippen MR) is 78.2 cm³/mol. The standard InChI is InChI=1S/C13H23N5O2/c1-4-6-17-13(12(18(19)20)10(2)15-17)16-7-5-11(9-16)8-14-3/h11,14H,4-9H2,1-3H3. The monoisotopic (exact) mass is 281 g/mol. The van der Waals surface area contributed by atoms with Crippen LogP contribution in [0.15, 0.2) is 0 Å². The number of hydrogen-bond acceptors (Lipinski definition) is 5. The lowest BCUT2D eigenvalue weighted by Gasteiger charge is -2.19. The summed E-state index contributed by atoms with van der Waals surface area (Å²) in [5.41, 5.74) is 0.680. The van der Waals surface area contributed by atoms with Gasteiger partial charge in [-0.1, -0.05) is 6.92 Å². The fraction of sp³-hybridized carbons (Fsp3) is 0.769. The average Bonchev–Trinajstić information content (AvgIpc) is 2.94. The van der Waals surface area contributed by atoms with Gasteiger partial charge in [0.25, 0.3) is 0 Å². The summed E-state index contributed by atoms with van der Waals surface area (Å²) in [6.45, 7) is 7.16. The van der Waals surface area contributed by atoms with Gasteiger partial charge in [-0.05, 0) is 39.3 Å². The van der Waals surface area contributed by atoms with Gasteiger partial charge in [0.15, 0.2) is 0 Å². The normalized spacial score (nSPS) is 18.8. The molecule has 1 fully saturated rings. The molecule has 7 heteroatoms. The highest BCUT2D eigenvalue weighted by Crippen LogP contribution is 2.34. The molecule has 0 spiro atoms. The van der Waals surface area contributed by atoms with E-state index < -0.39 is 0 Å². The van der Waals surface area contributed by atoms with E-state index >= 15 is 0 Å². The van der Waals surface area contributed by atoms with Crippen LogP contribution in [0.4, 0.5) is 11.5 Å². The van der Waals surface area contributed by atoms with E-state index in [-0.39, 0.29) is 10.6 Å². The van der Waals surface area contributed by atoms with E-state index in [0.29, 0.717) is 17.4 Å². The third-order valence-electron chi connectivity index (χ3n) is 3.77. The second-order valence-electron chi connectivity index (χ2n) is 5.40. The molecule has 1 unspecified atom stereocenters. The minimum atomic E-state index is -0.296. The Hall–Kier alpha value is -1.63. The molecule has 1 N–H and O–H groups in total. The first-order valence-corrected chi connectivity index (χ1v) is 7.19. The predicted octanol–water partition coefficient (Wildman–Crippen LogP) is 1.56. The van der Waals surface area contributed by atoms with Crippen LogP contribution in [-0.4, -0.2) is 41.4 Å². The molecule has 0 aromatic carbocycles. The molecule has 2 rings (SSSR count). The van der Waals surface area contributed by atoms with Gasteiger partial charge in [0.05, 0.1) is 4.92 Å². The molecular formula is C13H23N5O2. The summed E-state index contributed by atoms with van der Waals surface area (Å²) in [5.74, 6) is 1.23. The van der Waals surface area contributed by atoms with E-state index in [1.807, 2.05) is 7.05 Å². The van der Waals surface area contributed by atoms with Crippen molar-refractivity contribution in [3.8, 4) is 0 Å². The number of aromatic nitrogens is 2. The molecule has 1 aliphatic rings. The van der Waals surface area contributed by atoms with Crippen molar-refractivity contribution in [2.75, 3.05) is 31.6 Å². The highest BCUT2D eigenvalue weighted by Gasteiger charge is 2.33. The van der Waals surface area contributed by atoms with Crippen LogP contribution in [0.25, 0.3) is 0 Å². The van der Waals surface area contributed by atoms with Crippen LogP contribution in [0.2, 0.25) is 0 Å². The Morgan fingerprint density at radius 2 is 2.30 bits per heavy atom. The van der Waals surface area contributed by atoms with Gasteiger partial charge in [-0.15, -0.1) is 0 Å². The lowest BCUT2D eigenvalue weighted by Crippen LogP contribution is -2.26. The maximum absolute atomic E-state index is 11.3. The number of nitrogens with one attached hydrogen (secondary N) is 1. The quantitative estimate of drug-likeness (QED) is 0.632. The Bertz CT molecular complexity index is 485. The molecule has 1 aromatic rings. The van der Waals surface area contributed by atoms with Crippen LogP contribution in [0.5, 0.6) is 0 Å². The fourth-order valence-corrected chi connectivity index (χ4v) is 2.93. The molecule has 1 aliphatic heterocycles. The summed E-state index contributed by atoms with van der Waals surface area (Å²) in [5, 5.41) is 18.9.